The van der Waals surface area contributed by atoms with Gasteiger partial charge >= 0.3 is 0 Å². The Balaban J connectivity index is 2.12. The Kier molecular flexibility index (Phi) is 6.87. The molecular formula is C13H24O11. The molecule has 0 aromatic heterocycles. The summed E-state index contributed by atoms with van der Waals surface area (Å²) < 4.78 is 20.6. The van der Waals surface area contributed by atoms with Gasteiger partial charge in [-0.25, -0.2) is 0 Å². The molecule has 10 atom stereocenters. The zero-order chi connectivity index (χ0) is 18.0. The van der Waals surface area contributed by atoms with Crippen molar-refractivity contribution in [3.63, 3.8) is 0 Å². The fourth-order valence-electron chi connectivity index (χ4n) is 2.85. The molecule has 7 N–H and O–H groups in total. The molecule has 0 aliphatic carbocycles. The quantitative estimate of drug-likeness (QED) is 0.251. The lowest BCUT2D eigenvalue weighted by Crippen LogP contribution is -2.64. The van der Waals surface area contributed by atoms with Crippen LogP contribution in [0.2, 0.25) is 0 Å². The van der Waals surface area contributed by atoms with E-state index in [1.165, 1.54) is 7.11 Å². The van der Waals surface area contributed by atoms with Gasteiger partial charge in [0.15, 0.2) is 12.6 Å². The number of aliphatic hydroxyl groups is 7. The van der Waals surface area contributed by atoms with Crippen molar-refractivity contribution < 1.29 is 54.7 Å². The highest BCUT2D eigenvalue weighted by molar-refractivity contribution is 4.94. The van der Waals surface area contributed by atoms with Crippen molar-refractivity contribution in [3.05, 3.63) is 0 Å². The molecule has 0 amide bonds. The Morgan fingerprint density at radius 2 is 1.29 bits per heavy atom. The normalized spacial score (nSPS) is 50.0. The molecular weight excluding hydrogens is 332 g/mol. The van der Waals surface area contributed by atoms with Crippen LogP contribution in [-0.2, 0) is 18.9 Å². The molecule has 2 aliphatic rings. The fraction of sp³-hybridized carbons (Fsp3) is 1.00. The third kappa shape index (κ3) is 3.71. The van der Waals surface area contributed by atoms with E-state index in [1.807, 2.05) is 0 Å². The van der Waals surface area contributed by atoms with Crippen LogP contribution in [-0.4, -0.2) is 117 Å². The second-order valence-corrected chi connectivity index (χ2v) is 5.74. The predicted molar refractivity (Wildman–Crippen MR) is 73.4 cm³/mol. The second-order valence-electron chi connectivity index (χ2n) is 5.74. The van der Waals surface area contributed by atoms with Crippen LogP contribution in [0.1, 0.15) is 0 Å². The van der Waals surface area contributed by atoms with E-state index >= 15 is 0 Å². The molecule has 2 saturated heterocycles. The lowest BCUT2D eigenvalue weighted by molar-refractivity contribution is -0.356. The van der Waals surface area contributed by atoms with Gasteiger partial charge in [-0.3, -0.25) is 0 Å². The van der Waals surface area contributed by atoms with Gasteiger partial charge in [-0.2, -0.15) is 0 Å². The molecule has 0 radical (unpaired) electrons. The number of methoxy groups -OCH3 is 1. The van der Waals surface area contributed by atoms with Crippen molar-refractivity contribution >= 4 is 0 Å². The minimum Gasteiger partial charge on any atom is -0.394 e. The Labute approximate surface area is 137 Å². The van der Waals surface area contributed by atoms with Gasteiger partial charge in [0.05, 0.1) is 13.2 Å². The van der Waals surface area contributed by atoms with Gasteiger partial charge in [0, 0.05) is 7.11 Å². The molecule has 0 aromatic rings. The van der Waals surface area contributed by atoms with Crippen LogP contribution < -0.4 is 0 Å². The third-order valence-corrected chi connectivity index (χ3v) is 4.22. The first-order valence-corrected chi connectivity index (χ1v) is 7.46. The molecule has 2 rings (SSSR count). The SMILES string of the molecule is CO[C@H]1[C@H](O)[C@@H](O)[C@@H](O[C@@H]2[C@H](O)[C@@H](O)[C@@H](O)O[C@@H]2CO)O[C@@H]1CO. The average molecular weight is 356 g/mol. The van der Waals surface area contributed by atoms with Crippen LogP contribution in [0.25, 0.3) is 0 Å². The maximum Gasteiger partial charge on any atom is 0.187 e. The highest BCUT2D eigenvalue weighted by Gasteiger charge is 2.50. The third-order valence-electron chi connectivity index (χ3n) is 4.22. The summed E-state index contributed by atoms with van der Waals surface area (Å²) in [5, 5.41) is 67.8. The van der Waals surface area contributed by atoms with Gasteiger partial charge in [-0.1, -0.05) is 0 Å². The Morgan fingerprint density at radius 3 is 1.83 bits per heavy atom. The van der Waals surface area contributed by atoms with Crippen LogP contribution in [0.5, 0.6) is 0 Å². The molecule has 2 heterocycles. The maximum atomic E-state index is 10.1. The number of ether oxygens (including phenoxy) is 4. The van der Waals surface area contributed by atoms with Crippen LogP contribution >= 0.6 is 0 Å². The molecule has 0 saturated carbocycles. The van der Waals surface area contributed by atoms with Crippen molar-refractivity contribution in [3.8, 4) is 0 Å². The first kappa shape index (κ1) is 19.9. The van der Waals surface area contributed by atoms with E-state index in [0.29, 0.717) is 0 Å². The lowest BCUT2D eigenvalue weighted by atomic mass is 9.97. The van der Waals surface area contributed by atoms with Crippen LogP contribution in [0.15, 0.2) is 0 Å². The predicted octanol–water partition coefficient (Wildman–Crippen LogP) is -4.74. The zero-order valence-electron chi connectivity index (χ0n) is 13.0. The molecule has 11 heteroatoms. The minimum absolute atomic E-state index is 0.531. The van der Waals surface area contributed by atoms with Gasteiger partial charge in [-0.15, -0.1) is 0 Å². The van der Waals surface area contributed by atoms with Crippen LogP contribution in [0, 0.1) is 0 Å². The smallest absolute Gasteiger partial charge is 0.187 e. The number of rotatable bonds is 5. The van der Waals surface area contributed by atoms with Crippen LogP contribution in [0.3, 0.4) is 0 Å². The van der Waals surface area contributed by atoms with Gasteiger partial charge < -0.3 is 54.7 Å². The summed E-state index contributed by atoms with van der Waals surface area (Å²) in [6.45, 7) is -1.18. The van der Waals surface area contributed by atoms with E-state index in [0.717, 1.165) is 0 Å². The van der Waals surface area contributed by atoms with Crippen molar-refractivity contribution in [2.75, 3.05) is 20.3 Å². The monoisotopic (exact) mass is 356 g/mol. The summed E-state index contributed by atoms with van der Waals surface area (Å²) in [4.78, 5) is 0. The summed E-state index contributed by atoms with van der Waals surface area (Å²) >= 11 is 0. The molecule has 0 unspecified atom stereocenters. The van der Waals surface area contributed by atoms with Gasteiger partial charge in [0.1, 0.15) is 48.8 Å². The zero-order valence-corrected chi connectivity index (χ0v) is 13.0. The molecule has 142 valence electrons. The Bertz CT molecular complexity index is 392. The van der Waals surface area contributed by atoms with E-state index in [2.05, 4.69) is 0 Å². The fourth-order valence-corrected chi connectivity index (χ4v) is 2.85. The summed E-state index contributed by atoms with van der Waals surface area (Å²) in [6.07, 6.45) is -14.2. The summed E-state index contributed by atoms with van der Waals surface area (Å²) in [5.74, 6) is 0. The standard InChI is InChI=1S/C13H24O11/c1-21-10-4(2-14)23-13(9(19)7(10)17)24-11-5(3-15)22-12(20)8(18)6(11)16/h4-20H,2-3H2,1H3/t4-,5-,6-,7-,8-,9-,10-,11+,12+,13-/m1/s1. The first-order valence-electron chi connectivity index (χ1n) is 7.46. The van der Waals surface area contributed by atoms with Crippen LogP contribution in [0.4, 0.5) is 0 Å². The van der Waals surface area contributed by atoms with Crippen molar-refractivity contribution in [1.29, 1.82) is 0 Å². The summed E-state index contributed by atoms with van der Waals surface area (Å²) in [7, 11) is 1.27. The topological polar surface area (TPSA) is 179 Å². The van der Waals surface area contributed by atoms with E-state index < -0.39 is 74.6 Å². The molecule has 24 heavy (non-hydrogen) atoms. The van der Waals surface area contributed by atoms with E-state index in [-0.39, 0.29) is 0 Å². The van der Waals surface area contributed by atoms with Crippen molar-refractivity contribution in [2.24, 2.45) is 0 Å². The second kappa shape index (κ2) is 8.29. The van der Waals surface area contributed by atoms with Gasteiger partial charge in [0.25, 0.3) is 0 Å². The summed E-state index contributed by atoms with van der Waals surface area (Å²) in [5.41, 5.74) is 0. The average Bonchev–Trinajstić information content (AvgIpc) is 2.58. The Morgan fingerprint density at radius 1 is 0.750 bits per heavy atom. The molecule has 2 fully saturated rings. The number of hydrogen-bond acceptors (Lipinski definition) is 11. The number of aliphatic hydroxyl groups excluding tert-OH is 7. The first-order chi connectivity index (χ1) is 11.3. The molecule has 11 nitrogen and oxygen atoms in total. The van der Waals surface area contributed by atoms with E-state index in [9.17, 15) is 35.7 Å². The van der Waals surface area contributed by atoms with Gasteiger partial charge in [0.2, 0.25) is 0 Å². The molecule has 0 spiro atoms. The summed E-state index contributed by atoms with van der Waals surface area (Å²) in [6, 6.07) is 0. The largest absolute Gasteiger partial charge is 0.394 e. The van der Waals surface area contributed by atoms with Gasteiger partial charge in [-0.05, 0) is 0 Å². The Hall–Kier alpha value is -0.440. The molecule has 0 bridgehead atoms. The minimum atomic E-state index is -1.72. The highest BCUT2D eigenvalue weighted by atomic mass is 16.7. The highest BCUT2D eigenvalue weighted by Crippen LogP contribution is 2.29. The van der Waals surface area contributed by atoms with E-state index in [1.54, 1.807) is 0 Å². The van der Waals surface area contributed by atoms with Crippen molar-refractivity contribution in [1.82, 2.24) is 0 Å². The number of hydrogen-bond donors (Lipinski definition) is 7. The molecule has 2 aliphatic heterocycles. The molecule has 0 aromatic carbocycles. The van der Waals surface area contributed by atoms with Crippen molar-refractivity contribution in [2.45, 2.75) is 61.4 Å². The maximum absolute atomic E-state index is 10.1. The van der Waals surface area contributed by atoms with E-state index in [4.69, 9.17) is 18.9 Å². The lowest BCUT2D eigenvalue weighted by Gasteiger charge is -2.45.